The lowest BCUT2D eigenvalue weighted by Gasteiger charge is -2.24. The van der Waals surface area contributed by atoms with Gasteiger partial charge in [0, 0.05) is 32.3 Å². The molecular formula is C15H29N3O3S. The molecule has 2 heterocycles. The Bertz CT molecular complexity index is 470. The fourth-order valence-corrected chi connectivity index (χ4v) is 4.70. The summed E-state index contributed by atoms with van der Waals surface area (Å²) in [5.41, 5.74) is 0. The molecule has 2 rings (SSSR count). The number of rotatable bonds is 5. The standard InChI is InChI=1S/C15H29N3O3S/c1-12(2)18-15(16-9-13-3-6-21-7-4-13)17-10-14-5-8-22(19,20)11-14/h12-14H,3-11H2,1-2H3,(H2,16,17,18). The molecule has 0 spiro atoms. The highest BCUT2D eigenvalue weighted by molar-refractivity contribution is 7.91. The molecule has 0 aromatic heterocycles. The van der Waals surface area contributed by atoms with Crippen LogP contribution in [0.25, 0.3) is 0 Å². The predicted octanol–water partition coefficient (Wildman–Crippen LogP) is 0.791. The molecule has 0 amide bonds. The van der Waals surface area contributed by atoms with Gasteiger partial charge < -0.3 is 15.4 Å². The van der Waals surface area contributed by atoms with Crippen LogP contribution in [0.15, 0.2) is 4.99 Å². The van der Waals surface area contributed by atoms with Gasteiger partial charge in [-0.3, -0.25) is 4.99 Å². The van der Waals surface area contributed by atoms with Crippen LogP contribution in [0.1, 0.15) is 33.1 Å². The van der Waals surface area contributed by atoms with Gasteiger partial charge in [-0.15, -0.1) is 0 Å². The molecule has 2 aliphatic rings. The van der Waals surface area contributed by atoms with Crippen LogP contribution >= 0.6 is 0 Å². The summed E-state index contributed by atoms with van der Waals surface area (Å²) in [7, 11) is -2.82. The van der Waals surface area contributed by atoms with Crippen LogP contribution in [-0.4, -0.2) is 58.2 Å². The highest BCUT2D eigenvalue weighted by atomic mass is 32.2. The molecule has 0 radical (unpaired) electrons. The Kier molecular flexibility index (Phi) is 6.50. The maximum atomic E-state index is 11.5. The van der Waals surface area contributed by atoms with Crippen LogP contribution in [0.3, 0.4) is 0 Å². The summed E-state index contributed by atoms with van der Waals surface area (Å²) in [5, 5.41) is 6.72. The average Bonchev–Trinajstić information content (AvgIpc) is 2.82. The summed E-state index contributed by atoms with van der Waals surface area (Å²) < 4.78 is 28.4. The van der Waals surface area contributed by atoms with E-state index in [0.717, 1.165) is 45.0 Å². The Morgan fingerprint density at radius 2 is 1.95 bits per heavy atom. The molecule has 7 heteroatoms. The summed E-state index contributed by atoms with van der Waals surface area (Å²) in [6.45, 7) is 7.31. The van der Waals surface area contributed by atoms with E-state index >= 15 is 0 Å². The van der Waals surface area contributed by atoms with E-state index in [0.29, 0.717) is 24.3 Å². The Morgan fingerprint density at radius 3 is 2.55 bits per heavy atom. The average molecular weight is 331 g/mol. The van der Waals surface area contributed by atoms with E-state index in [1.165, 1.54) is 0 Å². The van der Waals surface area contributed by atoms with Crippen molar-refractivity contribution in [3.63, 3.8) is 0 Å². The van der Waals surface area contributed by atoms with E-state index in [1.54, 1.807) is 0 Å². The highest BCUT2D eigenvalue weighted by Crippen LogP contribution is 2.18. The van der Waals surface area contributed by atoms with Crippen LogP contribution in [0.4, 0.5) is 0 Å². The molecule has 6 nitrogen and oxygen atoms in total. The molecule has 0 aromatic rings. The first-order valence-electron chi connectivity index (χ1n) is 8.27. The molecule has 0 bridgehead atoms. The van der Waals surface area contributed by atoms with Gasteiger partial charge in [0.15, 0.2) is 15.8 Å². The van der Waals surface area contributed by atoms with E-state index < -0.39 is 9.84 Å². The van der Waals surface area contributed by atoms with E-state index in [9.17, 15) is 8.42 Å². The lowest BCUT2D eigenvalue weighted by atomic mass is 10.0. The highest BCUT2D eigenvalue weighted by Gasteiger charge is 2.27. The monoisotopic (exact) mass is 331 g/mol. The quantitative estimate of drug-likeness (QED) is 0.575. The topological polar surface area (TPSA) is 79.8 Å². The lowest BCUT2D eigenvalue weighted by Crippen LogP contribution is -2.44. The first kappa shape index (κ1) is 17.5. The van der Waals surface area contributed by atoms with Gasteiger partial charge in [0.1, 0.15) is 0 Å². The Labute approximate surface area is 134 Å². The number of nitrogens with one attached hydrogen (secondary N) is 2. The Balaban J connectivity index is 1.83. The summed E-state index contributed by atoms with van der Waals surface area (Å²) in [4.78, 5) is 4.59. The zero-order chi connectivity index (χ0) is 16.0. The second kappa shape index (κ2) is 8.15. The maximum Gasteiger partial charge on any atom is 0.191 e. The van der Waals surface area contributed by atoms with Crippen LogP contribution in [0.2, 0.25) is 0 Å². The van der Waals surface area contributed by atoms with Crippen molar-refractivity contribution in [3.05, 3.63) is 0 Å². The molecule has 0 aliphatic carbocycles. The second-order valence-electron chi connectivity index (χ2n) is 6.69. The summed E-state index contributed by atoms with van der Waals surface area (Å²) in [5.74, 6) is 2.19. The predicted molar refractivity (Wildman–Crippen MR) is 88.9 cm³/mol. The fraction of sp³-hybridized carbons (Fsp3) is 0.933. The minimum atomic E-state index is -2.82. The van der Waals surface area contributed by atoms with Gasteiger partial charge in [0.2, 0.25) is 0 Å². The molecule has 2 fully saturated rings. The van der Waals surface area contributed by atoms with Crippen molar-refractivity contribution >= 4 is 15.8 Å². The van der Waals surface area contributed by atoms with Crippen LogP contribution < -0.4 is 10.6 Å². The van der Waals surface area contributed by atoms with Gasteiger partial charge in [-0.05, 0) is 44.9 Å². The number of guanidine groups is 1. The molecule has 0 saturated carbocycles. The summed E-state index contributed by atoms with van der Waals surface area (Å²) in [6, 6.07) is 0.299. The SMILES string of the molecule is CC(C)NC(=NCC1CCS(=O)(=O)C1)NCC1CCOCC1. The van der Waals surface area contributed by atoms with Crippen molar-refractivity contribution in [1.82, 2.24) is 10.6 Å². The third-order valence-electron chi connectivity index (χ3n) is 4.16. The van der Waals surface area contributed by atoms with E-state index in [-0.39, 0.29) is 11.7 Å². The van der Waals surface area contributed by atoms with E-state index in [4.69, 9.17) is 4.74 Å². The van der Waals surface area contributed by atoms with E-state index in [2.05, 4.69) is 29.5 Å². The summed E-state index contributed by atoms with van der Waals surface area (Å²) >= 11 is 0. The van der Waals surface area contributed by atoms with Crippen LogP contribution in [-0.2, 0) is 14.6 Å². The molecule has 1 atom stereocenters. The van der Waals surface area contributed by atoms with Crippen molar-refractivity contribution in [2.24, 2.45) is 16.8 Å². The molecule has 2 saturated heterocycles. The van der Waals surface area contributed by atoms with Crippen LogP contribution in [0.5, 0.6) is 0 Å². The lowest BCUT2D eigenvalue weighted by molar-refractivity contribution is 0.0675. The second-order valence-corrected chi connectivity index (χ2v) is 8.92. The van der Waals surface area contributed by atoms with Crippen molar-refractivity contribution in [1.29, 1.82) is 0 Å². The van der Waals surface area contributed by atoms with Gasteiger partial charge in [-0.25, -0.2) is 8.42 Å². The van der Waals surface area contributed by atoms with Crippen LogP contribution in [0, 0.1) is 11.8 Å². The fourth-order valence-electron chi connectivity index (χ4n) is 2.85. The minimum Gasteiger partial charge on any atom is -0.381 e. The molecule has 22 heavy (non-hydrogen) atoms. The molecular weight excluding hydrogens is 302 g/mol. The number of aliphatic imine (C=N–C) groups is 1. The number of ether oxygens (including phenoxy) is 1. The van der Waals surface area contributed by atoms with Gasteiger partial charge in [0.05, 0.1) is 11.5 Å². The van der Waals surface area contributed by atoms with Gasteiger partial charge in [-0.2, -0.15) is 0 Å². The third-order valence-corrected chi connectivity index (χ3v) is 6.00. The Hall–Kier alpha value is -0.820. The number of hydrogen-bond donors (Lipinski definition) is 2. The molecule has 2 aliphatic heterocycles. The number of nitrogens with zero attached hydrogens (tertiary/aromatic N) is 1. The largest absolute Gasteiger partial charge is 0.381 e. The molecule has 2 N–H and O–H groups in total. The third kappa shape index (κ3) is 6.12. The van der Waals surface area contributed by atoms with Gasteiger partial charge in [-0.1, -0.05) is 0 Å². The molecule has 0 aromatic carbocycles. The minimum absolute atomic E-state index is 0.166. The first-order valence-corrected chi connectivity index (χ1v) is 10.1. The Morgan fingerprint density at radius 1 is 1.23 bits per heavy atom. The molecule has 1 unspecified atom stereocenters. The normalized spacial score (nSPS) is 26.3. The van der Waals surface area contributed by atoms with Gasteiger partial charge in [0.25, 0.3) is 0 Å². The smallest absolute Gasteiger partial charge is 0.191 e. The van der Waals surface area contributed by atoms with Gasteiger partial charge >= 0.3 is 0 Å². The molecule has 128 valence electrons. The maximum absolute atomic E-state index is 11.5. The summed E-state index contributed by atoms with van der Waals surface area (Å²) in [6.07, 6.45) is 2.91. The zero-order valence-corrected chi connectivity index (χ0v) is 14.5. The van der Waals surface area contributed by atoms with E-state index in [1.807, 2.05) is 0 Å². The van der Waals surface area contributed by atoms with Crippen molar-refractivity contribution < 1.29 is 13.2 Å². The zero-order valence-electron chi connectivity index (χ0n) is 13.7. The first-order chi connectivity index (χ1) is 10.4. The number of hydrogen-bond acceptors (Lipinski definition) is 4. The van der Waals surface area contributed by atoms with Crippen molar-refractivity contribution in [3.8, 4) is 0 Å². The number of sulfone groups is 1. The van der Waals surface area contributed by atoms with Crippen molar-refractivity contribution in [2.45, 2.75) is 39.2 Å². The van der Waals surface area contributed by atoms with Crippen molar-refractivity contribution in [2.75, 3.05) is 37.8 Å².